The van der Waals surface area contributed by atoms with Crippen molar-refractivity contribution in [3.63, 3.8) is 0 Å². The topological polar surface area (TPSA) is 35.2 Å². The van der Waals surface area contributed by atoms with Gasteiger partial charge < -0.3 is 10.5 Å². The van der Waals surface area contributed by atoms with Crippen molar-refractivity contribution >= 4 is 0 Å². The van der Waals surface area contributed by atoms with Crippen molar-refractivity contribution in [2.75, 3.05) is 6.61 Å². The minimum Gasteiger partial charge on any atom is -0.377 e. The van der Waals surface area contributed by atoms with Crippen LogP contribution >= 0.6 is 0 Å². The van der Waals surface area contributed by atoms with E-state index in [0.717, 1.165) is 12.8 Å². The molecule has 0 heterocycles. The van der Waals surface area contributed by atoms with Gasteiger partial charge in [0.25, 0.3) is 0 Å². The van der Waals surface area contributed by atoms with Crippen LogP contribution in [0.4, 0.5) is 4.39 Å². The summed E-state index contributed by atoms with van der Waals surface area (Å²) in [6.07, 6.45) is 3.36. The first-order valence-electron chi connectivity index (χ1n) is 5.83. The molecule has 2 nitrogen and oxygen atoms in total. The summed E-state index contributed by atoms with van der Waals surface area (Å²) >= 11 is 0. The lowest BCUT2D eigenvalue weighted by molar-refractivity contribution is 0.114. The van der Waals surface area contributed by atoms with Gasteiger partial charge in [-0.05, 0) is 6.42 Å². The third-order valence-corrected chi connectivity index (χ3v) is 2.53. The van der Waals surface area contributed by atoms with Crippen LogP contribution in [0.25, 0.3) is 0 Å². The summed E-state index contributed by atoms with van der Waals surface area (Å²) in [7, 11) is 0. The highest BCUT2D eigenvalue weighted by Crippen LogP contribution is 2.13. The highest BCUT2D eigenvalue weighted by molar-refractivity contribution is 5.25. The summed E-state index contributed by atoms with van der Waals surface area (Å²) in [5.74, 6) is -0.222. The molecule has 0 saturated carbocycles. The van der Waals surface area contributed by atoms with Crippen LogP contribution in [0.2, 0.25) is 0 Å². The molecule has 0 bridgehead atoms. The van der Waals surface area contributed by atoms with Crippen molar-refractivity contribution < 1.29 is 9.13 Å². The van der Waals surface area contributed by atoms with E-state index in [0.29, 0.717) is 24.3 Å². The van der Waals surface area contributed by atoms with Crippen molar-refractivity contribution in [1.82, 2.24) is 0 Å². The second-order valence-electron chi connectivity index (χ2n) is 3.85. The Morgan fingerprint density at radius 2 is 2.00 bits per heavy atom. The molecule has 0 atom stereocenters. The molecule has 90 valence electrons. The zero-order valence-corrected chi connectivity index (χ0v) is 9.84. The van der Waals surface area contributed by atoms with Gasteiger partial charge in [-0.3, -0.25) is 0 Å². The fraction of sp³-hybridized carbons (Fsp3) is 0.538. The minimum atomic E-state index is -0.222. The lowest BCUT2D eigenvalue weighted by Gasteiger charge is -2.07. The molecule has 2 N–H and O–H groups in total. The Balaban J connectivity index is 2.41. The van der Waals surface area contributed by atoms with Gasteiger partial charge in [-0.15, -0.1) is 0 Å². The smallest absolute Gasteiger partial charge is 0.133 e. The maximum Gasteiger partial charge on any atom is 0.133 e. The predicted octanol–water partition coefficient (Wildman–Crippen LogP) is 2.99. The van der Waals surface area contributed by atoms with Gasteiger partial charge in [0, 0.05) is 24.3 Å². The molecule has 0 aliphatic heterocycles. The van der Waals surface area contributed by atoms with Crippen LogP contribution in [-0.2, 0) is 17.9 Å². The van der Waals surface area contributed by atoms with Crippen LogP contribution in [0, 0.1) is 5.82 Å². The Bertz CT molecular complexity index is 315. The van der Waals surface area contributed by atoms with Crippen LogP contribution in [0.3, 0.4) is 0 Å². The van der Waals surface area contributed by atoms with Crippen LogP contribution in [0.15, 0.2) is 18.2 Å². The fourth-order valence-electron chi connectivity index (χ4n) is 1.54. The second kappa shape index (κ2) is 7.36. The third kappa shape index (κ3) is 3.91. The van der Waals surface area contributed by atoms with Crippen molar-refractivity contribution in [3.8, 4) is 0 Å². The lowest BCUT2D eigenvalue weighted by Crippen LogP contribution is -2.04. The molecule has 0 aromatic heterocycles. The van der Waals surface area contributed by atoms with Gasteiger partial charge in [0.2, 0.25) is 0 Å². The van der Waals surface area contributed by atoms with E-state index in [2.05, 4.69) is 6.92 Å². The highest BCUT2D eigenvalue weighted by Gasteiger charge is 2.06. The summed E-state index contributed by atoms with van der Waals surface area (Å²) < 4.78 is 19.1. The number of hydrogen-bond donors (Lipinski definition) is 1. The summed E-state index contributed by atoms with van der Waals surface area (Å²) in [6, 6.07) is 5.26. The molecule has 1 aromatic rings. The van der Waals surface area contributed by atoms with Gasteiger partial charge in [-0.2, -0.15) is 0 Å². The number of rotatable bonds is 7. The minimum absolute atomic E-state index is 0.222. The average molecular weight is 225 g/mol. The lowest BCUT2D eigenvalue weighted by atomic mass is 10.1. The number of benzene rings is 1. The Morgan fingerprint density at radius 1 is 1.25 bits per heavy atom. The standard InChI is InChI=1S/C13H20FNO/c1-2-3-4-8-16-10-12-7-5-6-11(9-15)13(12)14/h5-7H,2-4,8-10,15H2,1H3. The largest absolute Gasteiger partial charge is 0.377 e. The first-order valence-corrected chi connectivity index (χ1v) is 5.83. The van der Waals surface area contributed by atoms with Crippen molar-refractivity contribution in [2.24, 2.45) is 5.73 Å². The van der Waals surface area contributed by atoms with E-state index in [4.69, 9.17) is 10.5 Å². The molecular weight excluding hydrogens is 205 g/mol. The van der Waals surface area contributed by atoms with E-state index < -0.39 is 0 Å². The van der Waals surface area contributed by atoms with Gasteiger partial charge in [0.1, 0.15) is 5.82 Å². The Labute approximate surface area is 96.6 Å². The quantitative estimate of drug-likeness (QED) is 0.724. The maximum atomic E-state index is 13.7. The van der Waals surface area contributed by atoms with Gasteiger partial charge in [0.15, 0.2) is 0 Å². The molecule has 0 fully saturated rings. The molecule has 1 rings (SSSR count). The Morgan fingerprint density at radius 3 is 2.69 bits per heavy atom. The van der Waals surface area contributed by atoms with E-state index in [1.807, 2.05) is 6.07 Å². The molecule has 0 amide bonds. The number of unbranched alkanes of at least 4 members (excludes halogenated alkanes) is 2. The Kier molecular flexibility index (Phi) is 6.04. The molecule has 1 aromatic carbocycles. The predicted molar refractivity (Wildman–Crippen MR) is 63.5 cm³/mol. The molecule has 0 unspecified atom stereocenters. The zero-order valence-electron chi connectivity index (χ0n) is 9.84. The first-order chi connectivity index (χ1) is 7.79. The van der Waals surface area contributed by atoms with Crippen molar-refractivity contribution in [1.29, 1.82) is 0 Å². The second-order valence-corrected chi connectivity index (χ2v) is 3.85. The molecular formula is C13H20FNO. The molecule has 0 aliphatic carbocycles. The maximum absolute atomic E-state index is 13.7. The Hall–Kier alpha value is -0.930. The summed E-state index contributed by atoms with van der Waals surface area (Å²) in [5, 5.41) is 0. The van der Waals surface area contributed by atoms with Gasteiger partial charge in [-0.25, -0.2) is 4.39 Å². The molecule has 16 heavy (non-hydrogen) atoms. The van der Waals surface area contributed by atoms with E-state index >= 15 is 0 Å². The van der Waals surface area contributed by atoms with E-state index in [-0.39, 0.29) is 12.4 Å². The number of hydrogen-bond acceptors (Lipinski definition) is 2. The van der Waals surface area contributed by atoms with Gasteiger partial charge in [-0.1, -0.05) is 38.0 Å². The summed E-state index contributed by atoms with van der Waals surface area (Å²) in [6.45, 7) is 3.41. The average Bonchev–Trinajstić information content (AvgIpc) is 2.31. The zero-order chi connectivity index (χ0) is 11.8. The molecule has 0 radical (unpaired) electrons. The van der Waals surface area contributed by atoms with Crippen molar-refractivity contribution in [3.05, 3.63) is 35.1 Å². The molecule has 0 spiro atoms. The van der Waals surface area contributed by atoms with E-state index in [1.165, 1.54) is 6.42 Å². The monoisotopic (exact) mass is 225 g/mol. The van der Waals surface area contributed by atoms with Crippen molar-refractivity contribution in [2.45, 2.75) is 39.3 Å². The highest BCUT2D eigenvalue weighted by atomic mass is 19.1. The van der Waals surface area contributed by atoms with Gasteiger partial charge in [0.05, 0.1) is 6.61 Å². The molecule has 0 saturated heterocycles. The summed E-state index contributed by atoms with van der Waals surface area (Å²) in [5.41, 5.74) is 6.58. The molecule has 0 aliphatic rings. The van der Waals surface area contributed by atoms with Gasteiger partial charge >= 0.3 is 0 Å². The summed E-state index contributed by atoms with van der Waals surface area (Å²) in [4.78, 5) is 0. The normalized spacial score (nSPS) is 10.7. The molecule has 3 heteroatoms. The number of nitrogens with two attached hydrogens (primary N) is 1. The third-order valence-electron chi connectivity index (χ3n) is 2.53. The van der Waals surface area contributed by atoms with E-state index in [1.54, 1.807) is 12.1 Å². The fourth-order valence-corrected chi connectivity index (χ4v) is 1.54. The van der Waals surface area contributed by atoms with E-state index in [9.17, 15) is 4.39 Å². The van der Waals surface area contributed by atoms with Crippen LogP contribution in [0.1, 0.15) is 37.3 Å². The van der Waals surface area contributed by atoms with Crippen LogP contribution in [-0.4, -0.2) is 6.61 Å². The number of ether oxygens (including phenoxy) is 1. The first kappa shape index (κ1) is 13.1. The SMILES string of the molecule is CCCCCOCc1cccc(CN)c1F. The van der Waals surface area contributed by atoms with Crippen LogP contribution < -0.4 is 5.73 Å². The number of halogens is 1. The van der Waals surface area contributed by atoms with Crippen LogP contribution in [0.5, 0.6) is 0 Å².